The molecule has 2 amide bonds. The number of rotatable bonds is 5. The second-order valence-electron chi connectivity index (χ2n) is 7.96. The quantitative estimate of drug-likeness (QED) is 0.847. The first-order valence-corrected chi connectivity index (χ1v) is 10.4. The fourth-order valence-electron chi connectivity index (χ4n) is 4.34. The minimum absolute atomic E-state index is 0.0381. The highest BCUT2D eigenvalue weighted by molar-refractivity contribution is 5.80. The Hall–Kier alpha value is -1.89. The second kappa shape index (κ2) is 8.00. The summed E-state index contributed by atoms with van der Waals surface area (Å²) in [4.78, 5) is 29.0. The van der Waals surface area contributed by atoms with Crippen LogP contribution in [-0.4, -0.2) is 71.2 Å². The monoisotopic (exact) mass is 374 g/mol. The van der Waals surface area contributed by atoms with Gasteiger partial charge in [-0.1, -0.05) is 0 Å². The summed E-state index contributed by atoms with van der Waals surface area (Å²) < 4.78 is 5.21. The summed E-state index contributed by atoms with van der Waals surface area (Å²) in [5.41, 5.74) is 3.84. The van der Waals surface area contributed by atoms with Gasteiger partial charge in [-0.25, -0.2) is 0 Å². The minimum Gasteiger partial charge on any atom is -0.372 e. The van der Waals surface area contributed by atoms with Crippen molar-refractivity contribution in [1.29, 1.82) is 0 Å². The highest BCUT2D eigenvalue weighted by Gasteiger charge is 2.34. The van der Waals surface area contributed by atoms with Crippen molar-refractivity contribution >= 4 is 11.8 Å². The van der Waals surface area contributed by atoms with Crippen molar-refractivity contribution < 1.29 is 14.3 Å². The zero-order valence-electron chi connectivity index (χ0n) is 16.2. The third-order valence-corrected chi connectivity index (χ3v) is 6.15. The molecule has 0 spiro atoms. The predicted octanol–water partition coefficient (Wildman–Crippen LogP) is 1.49. The largest absolute Gasteiger partial charge is 0.372 e. The molecule has 1 aromatic heterocycles. The molecular formula is C20H30N4O3. The van der Waals surface area contributed by atoms with Crippen LogP contribution in [0.5, 0.6) is 0 Å². The minimum atomic E-state index is 0.0381. The van der Waals surface area contributed by atoms with Gasteiger partial charge >= 0.3 is 0 Å². The van der Waals surface area contributed by atoms with Crippen molar-refractivity contribution in [2.45, 2.75) is 51.4 Å². The van der Waals surface area contributed by atoms with E-state index in [1.165, 1.54) is 29.8 Å². The number of hydrogen-bond acceptors (Lipinski definition) is 4. The van der Waals surface area contributed by atoms with Crippen LogP contribution in [0.1, 0.15) is 55.5 Å². The summed E-state index contributed by atoms with van der Waals surface area (Å²) in [5, 5.41) is 7.75. The van der Waals surface area contributed by atoms with Gasteiger partial charge in [0.1, 0.15) is 6.61 Å². The first-order valence-electron chi connectivity index (χ1n) is 10.4. The number of piperidine rings is 1. The number of ether oxygens (including phenoxy) is 1. The molecule has 2 fully saturated rings. The van der Waals surface area contributed by atoms with Gasteiger partial charge in [0.25, 0.3) is 0 Å². The Morgan fingerprint density at radius 2 is 1.81 bits per heavy atom. The standard InChI is InChI=1S/C20H30N4O3/c1-2-27-13-18(25)23-9-5-15(6-10-23)20(26)24-11-7-16-17(8-12-24)21-22-19(16)14-3-4-14/h14-15H,2-13H2,1H3,(H,21,22). The molecule has 0 unspecified atom stereocenters. The van der Waals surface area contributed by atoms with Crippen LogP contribution in [0.4, 0.5) is 0 Å². The van der Waals surface area contributed by atoms with Crippen LogP contribution in [0, 0.1) is 5.92 Å². The lowest BCUT2D eigenvalue weighted by Crippen LogP contribution is -2.46. The fraction of sp³-hybridized carbons (Fsp3) is 0.750. The van der Waals surface area contributed by atoms with Gasteiger partial charge in [0, 0.05) is 56.7 Å². The molecule has 7 nitrogen and oxygen atoms in total. The first kappa shape index (κ1) is 18.5. The lowest BCUT2D eigenvalue weighted by molar-refractivity contribution is -0.142. The summed E-state index contributed by atoms with van der Waals surface area (Å²) in [6, 6.07) is 0. The number of carbonyl (C=O) groups is 2. The van der Waals surface area contributed by atoms with Crippen LogP contribution in [0.3, 0.4) is 0 Å². The van der Waals surface area contributed by atoms with Crippen LogP contribution < -0.4 is 0 Å². The summed E-state index contributed by atoms with van der Waals surface area (Å²) >= 11 is 0. The van der Waals surface area contributed by atoms with Crippen molar-refractivity contribution in [2.75, 3.05) is 39.4 Å². The van der Waals surface area contributed by atoms with Crippen LogP contribution >= 0.6 is 0 Å². The van der Waals surface area contributed by atoms with Crippen molar-refractivity contribution in [3.63, 3.8) is 0 Å². The number of hydrogen-bond donors (Lipinski definition) is 1. The number of aromatic amines is 1. The van der Waals surface area contributed by atoms with Crippen LogP contribution in [-0.2, 0) is 27.2 Å². The predicted molar refractivity (Wildman–Crippen MR) is 100 cm³/mol. The van der Waals surface area contributed by atoms with Gasteiger partial charge in [0.15, 0.2) is 0 Å². The second-order valence-corrected chi connectivity index (χ2v) is 7.96. The summed E-state index contributed by atoms with van der Waals surface area (Å²) in [6.07, 6.45) is 5.80. The molecule has 0 bridgehead atoms. The number of aromatic nitrogens is 2. The number of amides is 2. The molecule has 0 radical (unpaired) electrons. The average Bonchev–Trinajstić information content (AvgIpc) is 3.50. The number of carbonyl (C=O) groups excluding carboxylic acids is 2. The molecule has 2 aliphatic heterocycles. The van der Waals surface area contributed by atoms with E-state index < -0.39 is 0 Å². The molecule has 148 valence electrons. The van der Waals surface area contributed by atoms with E-state index in [4.69, 9.17) is 4.74 Å². The van der Waals surface area contributed by atoms with E-state index in [9.17, 15) is 9.59 Å². The van der Waals surface area contributed by atoms with Gasteiger partial charge in [0.2, 0.25) is 11.8 Å². The molecule has 1 aromatic rings. The topological polar surface area (TPSA) is 78.5 Å². The summed E-state index contributed by atoms with van der Waals surface area (Å²) in [5.74, 6) is 0.985. The Labute approximate surface area is 160 Å². The van der Waals surface area contributed by atoms with Gasteiger partial charge in [-0.05, 0) is 44.6 Å². The average molecular weight is 374 g/mol. The Kier molecular flexibility index (Phi) is 5.48. The molecular weight excluding hydrogens is 344 g/mol. The molecule has 27 heavy (non-hydrogen) atoms. The van der Waals surface area contributed by atoms with Crippen molar-refractivity contribution in [2.24, 2.45) is 5.92 Å². The lowest BCUT2D eigenvalue weighted by atomic mass is 9.95. The highest BCUT2D eigenvalue weighted by atomic mass is 16.5. The first-order chi connectivity index (χ1) is 13.2. The number of nitrogens with zero attached hydrogens (tertiary/aromatic N) is 3. The maximum atomic E-state index is 13.0. The van der Waals surface area contributed by atoms with Crippen molar-refractivity contribution in [1.82, 2.24) is 20.0 Å². The van der Waals surface area contributed by atoms with E-state index >= 15 is 0 Å². The smallest absolute Gasteiger partial charge is 0.248 e. The van der Waals surface area contributed by atoms with Gasteiger partial charge in [-0.3, -0.25) is 14.7 Å². The Balaban J connectivity index is 1.30. The number of likely N-dealkylation sites (tertiary alicyclic amines) is 1. The zero-order valence-corrected chi connectivity index (χ0v) is 16.2. The van der Waals surface area contributed by atoms with Gasteiger partial charge in [0.05, 0.1) is 5.69 Å². The van der Waals surface area contributed by atoms with Gasteiger partial charge < -0.3 is 14.5 Å². The van der Waals surface area contributed by atoms with E-state index in [0.717, 1.165) is 38.8 Å². The van der Waals surface area contributed by atoms with E-state index in [-0.39, 0.29) is 24.3 Å². The molecule has 0 atom stereocenters. The van der Waals surface area contributed by atoms with Crippen LogP contribution in [0.2, 0.25) is 0 Å². The van der Waals surface area contributed by atoms with E-state index in [1.807, 2.05) is 16.7 Å². The van der Waals surface area contributed by atoms with Crippen molar-refractivity contribution in [3.05, 3.63) is 17.0 Å². The maximum Gasteiger partial charge on any atom is 0.248 e. The summed E-state index contributed by atoms with van der Waals surface area (Å²) in [7, 11) is 0. The highest BCUT2D eigenvalue weighted by Crippen LogP contribution is 2.41. The van der Waals surface area contributed by atoms with E-state index in [2.05, 4.69) is 10.2 Å². The molecule has 1 saturated heterocycles. The SMILES string of the molecule is CCOCC(=O)N1CCC(C(=O)N2CCc3[nH]nc(C4CC4)c3CC2)CC1. The van der Waals surface area contributed by atoms with Crippen molar-refractivity contribution in [3.8, 4) is 0 Å². The normalized spacial score (nSPS) is 21.1. The zero-order chi connectivity index (χ0) is 18.8. The van der Waals surface area contributed by atoms with Gasteiger partial charge in [-0.15, -0.1) is 0 Å². The third kappa shape index (κ3) is 4.03. The fourth-order valence-corrected chi connectivity index (χ4v) is 4.34. The van der Waals surface area contributed by atoms with Gasteiger partial charge in [-0.2, -0.15) is 5.10 Å². The molecule has 7 heteroatoms. The Morgan fingerprint density at radius 1 is 1.07 bits per heavy atom. The van der Waals surface area contributed by atoms with E-state index in [1.54, 1.807) is 0 Å². The molecule has 3 heterocycles. The molecule has 0 aromatic carbocycles. The summed E-state index contributed by atoms with van der Waals surface area (Å²) in [6.45, 7) is 5.46. The Bertz CT molecular complexity index is 689. The van der Waals surface area contributed by atoms with Crippen LogP contribution in [0.25, 0.3) is 0 Å². The lowest BCUT2D eigenvalue weighted by Gasteiger charge is -2.34. The number of H-pyrrole nitrogens is 1. The molecule has 1 saturated carbocycles. The molecule has 1 N–H and O–H groups in total. The maximum absolute atomic E-state index is 13.0. The molecule has 4 rings (SSSR count). The molecule has 3 aliphatic rings. The third-order valence-electron chi connectivity index (χ3n) is 6.15. The Morgan fingerprint density at radius 3 is 2.52 bits per heavy atom. The molecule has 1 aliphatic carbocycles. The van der Waals surface area contributed by atoms with E-state index in [0.29, 0.717) is 25.6 Å². The van der Waals surface area contributed by atoms with Crippen LogP contribution in [0.15, 0.2) is 0 Å². The number of fused-ring (bicyclic) bond motifs is 1. The number of nitrogens with one attached hydrogen (secondary N) is 1.